The molecule has 0 aliphatic rings. The van der Waals surface area contributed by atoms with Gasteiger partial charge in [-0.15, -0.1) is 0 Å². The van der Waals surface area contributed by atoms with E-state index in [0.29, 0.717) is 27.8 Å². The molecule has 0 aromatic heterocycles. The summed E-state index contributed by atoms with van der Waals surface area (Å²) in [5.74, 6) is -0.558. The number of phosphoric acid groups is 2. The standard InChI is InChI=1S/C24H20O8P2/c25-33(26,27)31-21-16-20(17-10-4-1-5-11-17)22(18-12-6-2-7-13-18)24(32-34(28,29)30)23(21)19-14-8-3-9-15-19/h1-16H,(H2,25,26,27)(H2,28,29,30). The van der Waals surface area contributed by atoms with Gasteiger partial charge in [0.15, 0.2) is 5.75 Å². The van der Waals surface area contributed by atoms with E-state index in [4.69, 9.17) is 9.05 Å². The second-order valence-electron chi connectivity index (χ2n) is 7.26. The minimum absolute atomic E-state index is 0.00853. The minimum Gasteiger partial charge on any atom is -0.403 e. The van der Waals surface area contributed by atoms with Gasteiger partial charge < -0.3 is 9.05 Å². The van der Waals surface area contributed by atoms with Crippen LogP contribution in [0, 0.1) is 0 Å². The first-order valence-corrected chi connectivity index (χ1v) is 13.1. The van der Waals surface area contributed by atoms with Crippen molar-refractivity contribution in [2.45, 2.75) is 0 Å². The summed E-state index contributed by atoms with van der Waals surface area (Å²) < 4.78 is 34.2. The maximum atomic E-state index is 12.1. The Balaban J connectivity index is 2.19. The Labute approximate surface area is 195 Å². The Bertz CT molecular complexity index is 1380. The molecule has 0 bridgehead atoms. The number of hydrogen-bond acceptors (Lipinski definition) is 4. The number of rotatable bonds is 7. The van der Waals surface area contributed by atoms with Crippen LogP contribution in [-0.4, -0.2) is 19.6 Å². The van der Waals surface area contributed by atoms with Gasteiger partial charge in [-0.2, -0.15) is 0 Å². The van der Waals surface area contributed by atoms with Crippen molar-refractivity contribution in [3.63, 3.8) is 0 Å². The summed E-state index contributed by atoms with van der Waals surface area (Å²) in [6, 6.07) is 27.4. The van der Waals surface area contributed by atoms with Gasteiger partial charge in [0.25, 0.3) is 0 Å². The van der Waals surface area contributed by atoms with Crippen molar-refractivity contribution in [2.24, 2.45) is 0 Å². The average molecular weight is 498 g/mol. The van der Waals surface area contributed by atoms with Gasteiger partial charge in [-0.3, -0.25) is 19.6 Å². The molecule has 4 aromatic rings. The summed E-state index contributed by atoms with van der Waals surface area (Å²) in [4.78, 5) is 38.8. The topological polar surface area (TPSA) is 134 Å². The highest BCUT2D eigenvalue weighted by Gasteiger charge is 2.31. The molecule has 0 unspecified atom stereocenters. The lowest BCUT2D eigenvalue weighted by atomic mass is 9.89. The van der Waals surface area contributed by atoms with Crippen molar-refractivity contribution in [3.05, 3.63) is 97.1 Å². The maximum absolute atomic E-state index is 12.1. The Kier molecular flexibility index (Phi) is 6.73. The number of benzene rings is 4. The van der Waals surface area contributed by atoms with Crippen LogP contribution >= 0.6 is 15.6 Å². The smallest absolute Gasteiger partial charge is 0.403 e. The summed E-state index contributed by atoms with van der Waals surface area (Å²) in [6.07, 6.45) is 0. The SMILES string of the molecule is O=P(O)(O)Oc1cc(-c2ccccc2)c(-c2ccccc2)c(OP(=O)(O)O)c1-c1ccccc1. The fourth-order valence-corrected chi connectivity index (χ4v) is 4.48. The predicted octanol–water partition coefficient (Wildman–Crippen LogP) is 5.63. The molecule has 0 radical (unpaired) electrons. The highest BCUT2D eigenvalue weighted by atomic mass is 31.2. The molecule has 0 saturated carbocycles. The lowest BCUT2D eigenvalue weighted by Gasteiger charge is -2.23. The molecule has 0 fully saturated rings. The quantitative estimate of drug-likeness (QED) is 0.241. The molecule has 10 heteroatoms. The predicted molar refractivity (Wildman–Crippen MR) is 128 cm³/mol. The molecule has 0 spiro atoms. The van der Waals surface area contributed by atoms with Crippen molar-refractivity contribution in [3.8, 4) is 44.9 Å². The molecule has 4 N–H and O–H groups in total. The first kappa shape index (κ1) is 23.9. The Morgan fingerprint density at radius 2 is 0.941 bits per heavy atom. The molecule has 0 saturated heterocycles. The van der Waals surface area contributed by atoms with E-state index in [9.17, 15) is 28.7 Å². The zero-order chi connectivity index (χ0) is 24.3. The van der Waals surface area contributed by atoms with Gasteiger partial charge >= 0.3 is 15.6 Å². The van der Waals surface area contributed by atoms with Crippen LogP contribution in [0.5, 0.6) is 11.5 Å². The van der Waals surface area contributed by atoms with E-state index < -0.39 is 15.6 Å². The molecular formula is C24H20O8P2. The summed E-state index contributed by atoms with van der Waals surface area (Å²) in [6.45, 7) is 0. The van der Waals surface area contributed by atoms with Gasteiger partial charge in [0.05, 0.1) is 5.56 Å². The normalized spacial score (nSPS) is 11.8. The van der Waals surface area contributed by atoms with Crippen LogP contribution in [-0.2, 0) is 9.13 Å². The van der Waals surface area contributed by atoms with E-state index in [1.165, 1.54) is 6.07 Å². The molecule has 4 rings (SSSR count). The van der Waals surface area contributed by atoms with Crippen LogP contribution < -0.4 is 9.05 Å². The Morgan fingerprint density at radius 3 is 1.38 bits per heavy atom. The summed E-state index contributed by atoms with van der Waals surface area (Å²) in [5, 5.41) is 0. The monoisotopic (exact) mass is 498 g/mol. The fourth-order valence-electron chi connectivity index (χ4n) is 3.66. The van der Waals surface area contributed by atoms with Crippen molar-refractivity contribution >= 4 is 15.6 Å². The molecule has 8 nitrogen and oxygen atoms in total. The third kappa shape index (κ3) is 5.64. The molecule has 174 valence electrons. The van der Waals surface area contributed by atoms with Crippen LogP contribution in [0.15, 0.2) is 97.1 Å². The van der Waals surface area contributed by atoms with Crippen molar-refractivity contribution in [1.29, 1.82) is 0 Å². The number of phosphoric ester groups is 2. The lowest BCUT2D eigenvalue weighted by Crippen LogP contribution is -2.01. The van der Waals surface area contributed by atoms with Crippen LogP contribution in [0.3, 0.4) is 0 Å². The second kappa shape index (κ2) is 9.57. The van der Waals surface area contributed by atoms with Gasteiger partial charge in [0.1, 0.15) is 5.75 Å². The van der Waals surface area contributed by atoms with Gasteiger partial charge in [-0.1, -0.05) is 91.0 Å². The first-order chi connectivity index (χ1) is 16.1. The Hall–Kier alpha value is -3.22. The van der Waals surface area contributed by atoms with E-state index in [2.05, 4.69) is 0 Å². The summed E-state index contributed by atoms with van der Waals surface area (Å²) >= 11 is 0. The molecular weight excluding hydrogens is 478 g/mol. The molecule has 0 atom stereocenters. The molecule has 0 aliphatic heterocycles. The van der Waals surface area contributed by atoms with E-state index in [0.717, 1.165) is 0 Å². The summed E-state index contributed by atoms with van der Waals surface area (Å²) in [5.41, 5.74) is 2.29. The van der Waals surface area contributed by atoms with E-state index >= 15 is 0 Å². The van der Waals surface area contributed by atoms with Crippen molar-refractivity contribution < 1.29 is 37.8 Å². The van der Waals surface area contributed by atoms with Crippen LogP contribution in [0.4, 0.5) is 0 Å². The van der Waals surface area contributed by atoms with Gasteiger partial charge in [-0.05, 0) is 28.3 Å². The molecule has 0 heterocycles. The fraction of sp³-hybridized carbons (Fsp3) is 0. The Morgan fingerprint density at radius 1 is 0.529 bits per heavy atom. The van der Waals surface area contributed by atoms with Gasteiger partial charge in [-0.25, -0.2) is 9.13 Å². The lowest BCUT2D eigenvalue weighted by molar-refractivity contribution is 0.281. The molecule has 4 aromatic carbocycles. The first-order valence-electron chi connectivity index (χ1n) is 10.00. The highest BCUT2D eigenvalue weighted by molar-refractivity contribution is 7.47. The third-order valence-corrected chi connectivity index (χ3v) is 5.74. The van der Waals surface area contributed by atoms with Crippen LogP contribution in [0.2, 0.25) is 0 Å². The molecule has 34 heavy (non-hydrogen) atoms. The largest absolute Gasteiger partial charge is 0.524 e. The number of hydrogen-bond donors (Lipinski definition) is 4. The van der Waals surface area contributed by atoms with E-state index in [-0.39, 0.29) is 17.1 Å². The van der Waals surface area contributed by atoms with Crippen LogP contribution in [0.1, 0.15) is 0 Å². The van der Waals surface area contributed by atoms with E-state index in [1.54, 1.807) is 91.0 Å². The van der Waals surface area contributed by atoms with Gasteiger partial charge in [0.2, 0.25) is 0 Å². The minimum atomic E-state index is -5.11. The second-order valence-corrected chi connectivity index (χ2v) is 9.59. The van der Waals surface area contributed by atoms with Crippen LogP contribution in [0.25, 0.3) is 33.4 Å². The van der Waals surface area contributed by atoms with Crippen molar-refractivity contribution in [1.82, 2.24) is 0 Å². The zero-order valence-electron chi connectivity index (χ0n) is 17.6. The van der Waals surface area contributed by atoms with Gasteiger partial charge in [0, 0.05) is 5.56 Å². The maximum Gasteiger partial charge on any atom is 0.524 e. The highest BCUT2D eigenvalue weighted by Crippen LogP contribution is 2.56. The van der Waals surface area contributed by atoms with E-state index in [1.807, 2.05) is 0 Å². The third-order valence-electron chi connectivity index (χ3n) is 4.88. The van der Waals surface area contributed by atoms with Crippen molar-refractivity contribution in [2.75, 3.05) is 0 Å². The molecule has 0 amide bonds. The summed E-state index contributed by atoms with van der Waals surface area (Å²) in [7, 11) is -10.2. The zero-order valence-corrected chi connectivity index (χ0v) is 19.3. The average Bonchev–Trinajstić information content (AvgIpc) is 2.78. The molecule has 0 aliphatic carbocycles.